The van der Waals surface area contributed by atoms with E-state index in [0.29, 0.717) is 12.8 Å². The van der Waals surface area contributed by atoms with Gasteiger partial charge in [0.2, 0.25) is 0 Å². The number of hydrogen-bond acceptors (Lipinski definition) is 3. The molecule has 0 spiro atoms. The second kappa shape index (κ2) is 13.2. The van der Waals surface area contributed by atoms with Crippen LogP contribution in [0, 0.1) is 0 Å². The first-order chi connectivity index (χ1) is 13.7. The molecule has 1 unspecified atom stereocenters. The average Bonchev–Trinajstić information content (AvgIpc) is 2.74. The van der Waals surface area contributed by atoms with Gasteiger partial charge in [-0.2, -0.15) is 0 Å². The number of alkyl halides is 1. The van der Waals surface area contributed by atoms with Gasteiger partial charge >= 0.3 is 0 Å². The van der Waals surface area contributed by atoms with Gasteiger partial charge in [-0.25, -0.2) is 14.4 Å². The van der Waals surface area contributed by atoms with Gasteiger partial charge in [0.25, 0.3) is 0 Å². The van der Waals surface area contributed by atoms with Crippen LogP contribution in [-0.2, 0) is 6.42 Å². The molecule has 1 atom stereocenters. The van der Waals surface area contributed by atoms with E-state index in [4.69, 9.17) is 4.74 Å². The molecule has 0 saturated carbocycles. The molecule has 1 heterocycles. The van der Waals surface area contributed by atoms with Crippen LogP contribution in [0.25, 0.3) is 11.4 Å². The summed E-state index contributed by atoms with van der Waals surface area (Å²) in [5.74, 6) is 1.46. The molecule has 0 aliphatic carbocycles. The monoisotopic (exact) mass is 386 g/mol. The zero-order chi connectivity index (χ0) is 20.0. The number of unbranched alkanes of at least 4 members (excludes halogenated alkanes) is 5. The normalized spacial score (nSPS) is 12.1. The van der Waals surface area contributed by atoms with Crippen LogP contribution in [0.4, 0.5) is 4.39 Å². The van der Waals surface area contributed by atoms with Crippen molar-refractivity contribution in [1.82, 2.24) is 9.97 Å². The van der Waals surface area contributed by atoms with Crippen molar-refractivity contribution in [2.75, 3.05) is 6.61 Å². The number of nitrogens with zero attached hydrogens (tertiary/aromatic N) is 2. The van der Waals surface area contributed by atoms with Gasteiger partial charge in [-0.05, 0) is 37.7 Å². The minimum Gasteiger partial charge on any atom is -0.490 e. The fraction of sp³-hybridized carbons (Fsp3) is 0.583. The molecule has 0 radical (unpaired) electrons. The van der Waals surface area contributed by atoms with E-state index in [1.807, 2.05) is 6.92 Å². The van der Waals surface area contributed by atoms with Crippen LogP contribution < -0.4 is 4.74 Å². The van der Waals surface area contributed by atoms with Crippen LogP contribution in [0.2, 0.25) is 0 Å². The van der Waals surface area contributed by atoms with E-state index in [1.165, 1.54) is 24.8 Å². The van der Waals surface area contributed by atoms with Crippen LogP contribution in [0.1, 0.15) is 77.2 Å². The summed E-state index contributed by atoms with van der Waals surface area (Å²) in [6.07, 6.45) is 13.2. The molecule has 0 amide bonds. The number of hydrogen-bond donors (Lipinski definition) is 0. The molecule has 0 saturated heterocycles. The largest absolute Gasteiger partial charge is 0.490 e. The summed E-state index contributed by atoms with van der Waals surface area (Å²) in [6.45, 7) is 4.81. The van der Waals surface area contributed by atoms with Crippen molar-refractivity contribution in [2.24, 2.45) is 0 Å². The van der Waals surface area contributed by atoms with Crippen molar-refractivity contribution in [1.29, 1.82) is 0 Å². The van der Waals surface area contributed by atoms with E-state index in [1.54, 1.807) is 12.4 Å². The Hall–Kier alpha value is -1.97. The van der Waals surface area contributed by atoms with Gasteiger partial charge in [-0.15, -0.1) is 0 Å². The van der Waals surface area contributed by atoms with Crippen LogP contribution >= 0.6 is 0 Å². The van der Waals surface area contributed by atoms with Crippen LogP contribution in [0.3, 0.4) is 0 Å². The molecule has 154 valence electrons. The molecule has 3 nitrogen and oxygen atoms in total. The van der Waals surface area contributed by atoms with Gasteiger partial charge in [-0.3, -0.25) is 0 Å². The second-order valence-electron chi connectivity index (χ2n) is 7.45. The first-order valence-corrected chi connectivity index (χ1v) is 10.9. The Morgan fingerprint density at radius 2 is 1.61 bits per heavy atom. The SMILES string of the molecule is CCCCCOc1cnc(-c2ccc(CCCCCCC(F)CC)cc2)nc1. The zero-order valence-corrected chi connectivity index (χ0v) is 17.5. The third kappa shape index (κ3) is 8.37. The highest BCUT2D eigenvalue weighted by atomic mass is 19.1. The second-order valence-corrected chi connectivity index (χ2v) is 7.45. The summed E-state index contributed by atoms with van der Waals surface area (Å²) < 4.78 is 18.8. The minimum absolute atomic E-state index is 0.614. The number of halogens is 1. The lowest BCUT2D eigenvalue weighted by atomic mass is 10.0. The Morgan fingerprint density at radius 3 is 2.29 bits per heavy atom. The standard InChI is InChI=1S/C24H35FN2O/c1-3-5-10-17-28-23-18-26-24(27-19-23)21-15-13-20(14-16-21)11-8-6-7-9-12-22(25)4-2/h13-16,18-19,22H,3-12,17H2,1-2H3. The van der Waals surface area contributed by atoms with Crippen LogP contribution in [-0.4, -0.2) is 22.7 Å². The molecule has 0 bridgehead atoms. The fourth-order valence-electron chi connectivity index (χ4n) is 3.15. The smallest absolute Gasteiger partial charge is 0.159 e. The summed E-state index contributed by atoms with van der Waals surface area (Å²) in [5, 5.41) is 0. The summed E-state index contributed by atoms with van der Waals surface area (Å²) >= 11 is 0. The lowest BCUT2D eigenvalue weighted by molar-refractivity contribution is 0.296. The van der Waals surface area contributed by atoms with Gasteiger partial charge in [0.1, 0.15) is 0 Å². The van der Waals surface area contributed by atoms with Crippen LogP contribution in [0.5, 0.6) is 5.75 Å². The summed E-state index contributed by atoms with van der Waals surface area (Å²) in [6, 6.07) is 8.48. The maximum Gasteiger partial charge on any atom is 0.159 e. The van der Waals surface area contributed by atoms with Crippen molar-refractivity contribution in [3.63, 3.8) is 0 Å². The van der Waals surface area contributed by atoms with Crippen molar-refractivity contribution >= 4 is 0 Å². The van der Waals surface area contributed by atoms with Gasteiger partial charge in [0, 0.05) is 5.56 Å². The Kier molecular flexibility index (Phi) is 10.6. The third-order valence-electron chi connectivity index (χ3n) is 5.03. The molecule has 4 heteroatoms. The fourth-order valence-corrected chi connectivity index (χ4v) is 3.15. The van der Waals surface area contributed by atoms with Crippen molar-refractivity contribution < 1.29 is 9.13 Å². The molecule has 28 heavy (non-hydrogen) atoms. The summed E-state index contributed by atoms with van der Waals surface area (Å²) in [7, 11) is 0. The number of aryl methyl sites for hydroxylation is 1. The lowest BCUT2D eigenvalue weighted by Gasteiger charge is -2.07. The number of aromatic nitrogens is 2. The highest BCUT2D eigenvalue weighted by Crippen LogP contribution is 2.19. The predicted molar refractivity (Wildman–Crippen MR) is 114 cm³/mol. The first-order valence-electron chi connectivity index (χ1n) is 10.9. The molecular weight excluding hydrogens is 351 g/mol. The molecular formula is C24H35FN2O. The third-order valence-corrected chi connectivity index (χ3v) is 5.03. The van der Waals surface area contributed by atoms with Crippen molar-refractivity contribution in [3.8, 4) is 17.1 Å². The minimum atomic E-state index is -0.614. The van der Waals surface area contributed by atoms with E-state index in [2.05, 4.69) is 41.2 Å². The highest BCUT2D eigenvalue weighted by molar-refractivity contribution is 5.55. The van der Waals surface area contributed by atoms with Gasteiger partial charge in [0.05, 0.1) is 25.2 Å². The number of benzene rings is 1. The first kappa shape index (κ1) is 22.3. The average molecular weight is 387 g/mol. The zero-order valence-electron chi connectivity index (χ0n) is 17.5. The number of rotatable bonds is 14. The maximum atomic E-state index is 13.2. The molecule has 0 N–H and O–H groups in total. The predicted octanol–water partition coefficient (Wildman–Crippen LogP) is 6.95. The van der Waals surface area contributed by atoms with E-state index >= 15 is 0 Å². The Balaban J connectivity index is 1.71. The topological polar surface area (TPSA) is 35.0 Å². The molecule has 1 aromatic carbocycles. The molecule has 2 aromatic rings. The van der Waals surface area contributed by atoms with Gasteiger partial charge in [0.15, 0.2) is 11.6 Å². The van der Waals surface area contributed by atoms with Gasteiger partial charge < -0.3 is 4.74 Å². The van der Waals surface area contributed by atoms with Crippen molar-refractivity contribution in [2.45, 2.75) is 84.2 Å². The Bertz CT molecular complexity index is 643. The number of ether oxygens (including phenoxy) is 1. The maximum absolute atomic E-state index is 13.2. The molecule has 0 fully saturated rings. The summed E-state index contributed by atoms with van der Waals surface area (Å²) in [4.78, 5) is 8.86. The Labute approximate surface area is 169 Å². The van der Waals surface area contributed by atoms with Gasteiger partial charge in [-0.1, -0.05) is 70.2 Å². The Morgan fingerprint density at radius 1 is 0.893 bits per heavy atom. The van der Waals surface area contributed by atoms with E-state index in [0.717, 1.165) is 55.8 Å². The summed E-state index contributed by atoms with van der Waals surface area (Å²) in [5.41, 5.74) is 2.35. The quantitative estimate of drug-likeness (QED) is 0.329. The van der Waals surface area contributed by atoms with Crippen LogP contribution in [0.15, 0.2) is 36.7 Å². The molecule has 0 aliphatic heterocycles. The molecule has 2 rings (SSSR count). The van der Waals surface area contributed by atoms with E-state index in [9.17, 15) is 4.39 Å². The lowest BCUT2D eigenvalue weighted by Crippen LogP contribution is -1.99. The van der Waals surface area contributed by atoms with E-state index in [-0.39, 0.29) is 0 Å². The highest BCUT2D eigenvalue weighted by Gasteiger charge is 2.04. The molecule has 1 aromatic heterocycles. The van der Waals surface area contributed by atoms with E-state index < -0.39 is 6.17 Å². The van der Waals surface area contributed by atoms with Crippen molar-refractivity contribution in [3.05, 3.63) is 42.2 Å². The molecule has 0 aliphatic rings.